The lowest BCUT2D eigenvalue weighted by Crippen LogP contribution is -2.12. The zero-order valence-corrected chi connectivity index (χ0v) is 12.1. The van der Waals surface area contributed by atoms with Crippen molar-refractivity contribution in [3.8, 4) is 5.75 Å². The van der Waals surface area contributed by atoms with Crippen molar-refractivity contribution in [1.82, 2.24) is 0 Å². The van der Waals surface area contributed by atoms with Crippen molar-refractivity contribution < 1.29 is 13.5 Å². The Bertz CT molecular complexity index is 564. The molecule has 0 saturated carbocycles. The number of alkyl halides is 2. The van der Waals surface area contributed by atoms with Gasteiger partial charge in [-0.1, -0.05) is 50.2 Å². The van der Waals surface area contributed by atoms with Crippen LogP contribution in [0.1, 0.15) is 42.5 Å². The normalized spacial score (nSPS) is 12.7. The van der Waals surface area contributed by atoms with E-state index in [1.165, 1.54) is 17.7 Å². The zero-order valence-electron chi connectivity index (χ0n) is 12.1. The van der Waals surface area contributed by atoms with Crippen LogP contribution in [0.5, 0.6) is 5.75 Å². The smallest absolute Gasteiger partial charge is 0.387 e. The summed E-state index contributed by atoms with van der Waals surface area (Å²) in [5, 5.41) is 0. The SMILES string of the molecule is CC(C)c1ccc(C(N)c2ccc(OC(F)F)cc2)cc1. The molecule has 1 atom stereocenters. The number of hydrogen-bond acceptors (Lipinski definition) is 2. The first-order valence-corrected chi connectivity index (χ1v) is 6.87. The maximum Gasteiger partial charge on any atom is 0.387 e. The average Bonchev–Trinajstić information content (AvgIpc) is 2.47. The Labute approximate surface area is 123 Å². The van der Waals surface area contributed by atoms with E-state index in [4.69, 9.17) is 5.73 Å². The van der Waals surface area contributed by atoms with E-state index in [-0.39, 0.29) is 11.8 Å². The summed E-state index contributed by atoms with van der Waals surface area (Å²) in [6.45, 7) is 1.46. The van der Waals surface area contributed by atoms with Gasteiger partial charge in [-0.05, 0) is 34.7 Å². The van der Waals surface area contributed by atoms with Gasteiger partial charge in [0.15, 0.2) is 0 Å². The highest BCUT2D eigenvalue weighted by Gasteiger charge is 2.10. The molecule has 2 aromatic carbocycles. The quantitative estimate of drug-likeness (QED) is 0.882. The van der Waals surface area contributed by atoms with Crippen molar-refractivity contribution in [1.29, 1.82) is 0 Å². The maximum atomic E-state index is 12.1. The Hall–Kier alpha value is -1.94. The molecule has 2 N–H and O–H groups in total. The van der Waals surface area contributed by atoms with Crippen molar-refractivity contribution in [2.75, 3.05) is 0 Å². The number of hydrogen-bond donors (Lipinski definition) is 1. The molecule has 0 spiro atoms. The summed E-state index contributed by atoms with van der Waals surface area (Å²) in [7, 11) is 0. The monoisotopic (exact) mass is 291 g/mol. The van der Waals surface area contributed by atoms with Crippen molar-refractivity contribution in [3.05, 3.63) is 65.2 Å². The lowest BCUT2D eigenvalue weighted by Gasteiger charge is -2.15. The van der Waals surface area contributed by atoms with E-state index in [0.29, 0.717) is 5.92 Å². The van der Waals surface area contributed by atoms with E-state index in [9.17, 15) is 8.78 Å². The molecular weight excluding hydrogens is 272 g/mol. The first kappa shape index (κ1) is 15.4. The third-order valence-corrected chi connectivity index (χ3v) is 3.43. The van der Waals surface area contributed by atoms with Gasteiger partial charge in [0.05, 0.1) is 6.04 Å². The maximum absolute atomic E-state index is 12.1. The molecule has 0 saturated heterocycles. The van der Waals surface area contributed by atoms with Gasteiger partial charge in [0.2, 0.25) is 0 Å². The molecule has 0 aromatic heterocycles. The average molecular weight is 291 g/mol. The second-order valence-corrected chi connectivity index (χ2v) is 5.25. The predicted molar refractivity (Wildman–Crippen MR) is 79.6 cm³/mol. The lowest BCUT2D eigenvalue weighted by atomic mass is 9.96. The van der Waals surface area contributed by atoms with Crippen LogP contribution in [-0.2, 0) is 0 Å². The summed E-state index contributed by atoms with van der Waals surface area (Å²) in [5.41, 5.74) is 9.30. The largest absolute Gasteiger partial charge is 0.435 e. The Morgan fingerprint density at radius 2 is 1.24 bits per heavy atom. The van der Waals surface area contributed by atoms with E-state index in [1.54, 1.807) is 12.1 Å². The van der Waals surface area contributed by atoms with Crippen LogP contribution < -0.4 is 10.5 Å². The summed E-state index contributed by atoms with van der Waals surface area (Å²) >= 11 is 0. The minimum atomic E-state index is -2.81. The van der Waals surface area contributed by atoms with Crippen LogP contribution in [0.25, 0.3) is 0 Å². The van der Waals surface area contributed by atoms with Gasteiger partial charge >= 0.3 is 6.61 Å². The Kier molecular flexibility index (Phi) is 4.91. The number of ether oxygens (including phenoxy) is 1. The van der Waals surface area contributed by atoms with Crippen LogP contribution in [0, 0.1) is 0 Å². The molecule has 0 fully saturated rings. The molecule has 0 aliphatic rings. The van der Waals surface area contributed by atoms with Crippen molar-refractivity contribution >= 4 is 0 Å². The second kappa shape index (κ2) is 6.68. The van der Waals surface area contributed by atoms with E-state index in [0.717, 1.165) is 11.1 Å². The molecule has 4 heteroatoms. The van der Waals surface area contributed by atoms with E-state index >= 15 is 0 Å². The number of halogens is 2. The zero-order chi connectivity index (χ0) is 15.4. The Morgan fingerprint density at radius 1 is 0.810 bits per heavy atom. The highest BCUT2D eigenvalue weighted by molar-refractivity contribution is 5.36. The van der Waals surface area contributed by atoms with E-state index < -0.39 is 6.61 Å². The summed E-state index contributed by atoms with van der Waals surface area (Å²) in [6, 6.07) is 14.3. The van der Waals surface area contributed by atoms with Gasteiger partial charge in [-0.3, -0.25) is 0 Å². The first-order chi connectivity index (χ1) is 9.97. The highest BCUT2D eigenvalue weighted by atomic mass is 19.3. The minimum absolute atomic E-state index is 0.135. The summed E-state index contributed by atoms with van der Waals surface area (Å²) in [5.74, 6) is 0.608. The van der Waals surface area contributed by atoms with Crippen LogP contribution >= 0.6 is 0 Å². The molecule has 0 heterocycles. The van der Waals surface area contributed by atoms with Crippen LogP contribution in [0.2, 0.25) is 0 Å². The topological polar surface area (TPSA) is 35.2 Å². The molecule has 2 aromatic rings. The molecule has 1 unspecified atom stereocenters. The summed E-state index contributed by atoms with van der Waals surface area (Å²) in [4.78, 5) is 0. The third kappa shape index (κ3) is 4.02. The van der Waals surface area contributed by atoms with Crippen molar-refractivity contribution in [2.45, 2.75) is 32.4 Å². The molecule has 0 amide bonds. The van der Waals surface area contributed by atoms with Gasteiger partial charge < -0.3 is 10.5 Å². The summed E-state index contributed by atoms with van der Waals surface area (Å²) < 4.78 is 28.5. The highest BCUT2D eigenvalue weighted by Crippen LogP contribution is 2.24. The van der Waals surface area contributed by atoms with Crippen molar-refractivity contribution in [3.63, 3.8) is 0 Å². The fourth-order valence-electron chi connectivity index (χ4n) is 2.14. The molecule has 112 valence electrons. The molecule has 21 heavy (non-hydrogen) atoms. The molecule has 2 nitrogen and oxygen atoms in total. The number of rotatable bonds is 5. The number of benzene rings is 2. The molecule has 0 bridgehead atoms. The van der Waals surface area contributed by atoms with Crippen LogP contribution in [0.3, 0.4) is 0 Å². The van der Waals surface area contributed by atoms with E-state index in [2.05, 4.69) is 30.7 Å². The first-order valence-electron chi connectivity index (χ1n) is 6.87. The standard InChI is InChI=1S/C17H19F2NO/c1-11(2)12-3-5-13(6-4-12)16(20)14-7-9-15(10-8-14)21-17(18)19/h3-11,16-17H,20H2,1-2H3. The molecule has 0 radical (unpaired) electrons. The Balaban J connectivity index is 2.13. The van der Waals surface area contributed by atoms with Gasteiger partial charge in [0, 0.05) is 0 Å². The molecule has 0 aliphatic heterocycles. The van der Waals surface area contributed by atoms with Crippen molar-refractivity contribution in [2.24, 2.45) is 5.73 Å². The fourth-order valence-corrected chi connectivity index (χ4v) is 2.14. The number of nitrogens with two attached hydrogens (primary N) is 1. The van der Waals surface area contributed by atoms with Crippen LogP contribution in [0.15, 0.2) is 48.5 Å². The van der Waals surface area contributed by atoms with Gasteiger partial charge in [-0.15, -0.1) is 0 Å². The third-order valence-electron chi connectivity index (χ3n) is 3.43. The predicted octanol–water partition coefficient (Wildman–Crippen LogP) is 4.46. The second-order valence-electron chi connectivity index (χ2n) is 5.25. The van der Waals surface area contributed by atoms with Gasteiger partial charge in [-0.2, -0.15) is 8.78 Å². The minimum Gasteiger partial charge on any atom is -0.435 e. The Morgan fingerprint density at radius 3 is 1.67 bits per heavy atom. The van der Waals surface area contributed by atoms with Crippen LogP contribution in [0.4, 0.5) is 8.78 Å². The lowest BCUT2D eigenvalue weighted by molar-refractivity contribution is -0.0498. The van der Waals surface area contributed by atoms with Gasteiger partial charge in [0.1, 0.15) is 5.75 Å². The summed E-state index contributed by atoms with van der Waals surface area (Å²) in [6.07, 6.45) is 0. The molecule has 0 aliphatic carbocycles. The van der Waals surface area contributed by atoms with Gasteiger partial charge in [-0.25, -0.2) is 0 Å². The van der Waals surface area contributed by atoms with E-state index in [1.807, 2.05) is 12.1 Å². The molecule has 2 rings (SSSR count). The fraction of sp³-hybridized carbons (Fsp3) is 0.294. The van der Waals surface area contributed by atoms with Gasteiger partial charge in [0.25, 0.3) is 0 Å². The molecular formula is C17H19F2NO. The van der Waals surface area contributed by atoms with Crippen LogP contribution in [-0.4, -0.2) is 6.61 Å².